The molecule has 2 fully saturated rings. The van der Waals surface area contributed by atoms with Crippen molar-refractivity contribution in [1.29, 1.82) is 10.8 Å². The highest BCUT2D eigenvalue weighted by Gasteiger charge is 2.50. The number of hydrogen-bond donors (Lipinski definition) is 4. The van der Waals surface area contributed by atoms with Crippen LogP contribution in [0, 0.1) is 10.8 Å². The Hall–Kier alpha value is -3.10. The Morgan fingerprint density at radius 1 is 0.714 bits per heavy atom. The van der Waals surface area contributed by atoms with E-state index >= 15 is 0 Å². The number of ether oxygens (including phenoxy) is 4. The van der Waals surface area contributed by atoms with Crippen molar-refractivity contribution in [2.75, 3.05) is 13.2 Å². The lowest BCUT2D eigenvalue weighted by Gasteiger charge is -2.19. The van der Waals surface area contributed by atoms with E-state index in [0.29, 0.717) is 35.8 Å². The zero-order valence-corrected chi connectivity index (χ0v) is 15.1. The lowest BCUT2D eigenvalue weighted by Crippen LogP contribution is -2.36. The van der Waals surface area contributed by atoms with Gasteiger partial charge in [0.1, 0.15) is 35.4 Å². The van der Waals surface area contributed by atoms with Crippen LogP contribution in [-0.2, 0) is 9.47 Å². The van der Waals surface area contributed by atoms with E-state index < -0.39 is 0 Å². The first-order valence-electron chi connectivity index (χ1n) is 8.96. The van der Waals surface area contributed by atoms with Gasteiger partial charge < -0.3 is 30.4 Å². The van der Waals surface area contributed by atoms with Crippen molar-refractivity contribution in [2.24, 2.45) is 11.5 Å². The second-order valence-corrected chi connectivity index (χ2v) is 6.78. The van der Waals surface area contributed by atoms with Crippen LogP contribution in [0.5, 0.6) is 11.5 Å². The second-order valence-electron chi connectivity index (χ2n) is 6.78. The third kappa shape index (κ3) is 3.64. The van der Waals surface area contributed by atoms with Crippen LogP contribution in [0.1, 0.15) is 11.1 Å². The summed E-state index contributed by atoms with van der Waals surface area (Å²) in [5, 5.41) is 14.9. The van der Waals surface area contributed by atoms with E-state index in [1.54, 1.807) is 48.5 Å². The molecule has 6 N–H and O–H groups in total. The third-order valence-corrected chi connectivity index (χ3v) is 4.87. The minimum Gasteiger partial charge on any atom is -0.485 e. The lowest BCUT2D eigenvalue weighted by atomic mass is 10.1. The van der Waals surface area contributed by atoms with Crippen LogP contribution in [-0.4, -0.2) is 49.3 Å². The lowest BCUT2D eigenvalue weighted by molar-refractivity contribution is 0.0181. The zero-order valence-electron chi connectivity index (χ0n) is 15.1. The molecule has 4 rings (SSSR count). The number of nitrogens with two attached hydrogens (primary N) is 2. The molecule has 4 unspecified atom stereocenters. The Kier molecular flexibility index (Phi) is 4.89. The van der Waals surface area contributed by atoms with E-state index in [2.05, 4.69) is 0 Å². The fourth-order valence-corrected chi connectivity index (χ4v) is 3.41. The summed E-state index contributed by atoms with van der Waals surface area (Å²) in [6, 6.07) is 14.1. The topological polar surface area (TPSA) is 137 Å². The minimum atomic E-state index is -0.234. The van der Waals surface area contributed by atoms with Gasteiger partial charge in [-0.3, -0.25) is 10.8 Å². The maximum absolute atomic E-state index is 7.44. The molecule has 0 bridgehead atoms. The van der Waals surface area contributed by atoms with E-state index in [1.165, 1.54) is 0 Å². The van der Waals surface area contributed by atoms with Gasteiger partial charge >= 0.3 is 0 Å². The van der Waals surface area contributed by atoms with Crippen molar-refractivity contribution >= 4 is 11.7 Å². The molecule has 28 heavy (non-hydrogen) atoms. The molecule has 2 heterocycles. The Labute approximate surface area is 162 Å². The molecule has 0 aromatic heterocycles. The summed E-state index contributed by atoms with van der Waals surface area (Å²) in [6.07, 6.45) is -0.897. The molecule has 2 aliphatic heterocycles. The predicted octanol–water partition coefficient (Wildman–Crippen LogP) is 1.25. The highest BCUT2D eigenvalue weighted by molar-refractivity contribution is 5.95. The number of nitrogen functional groups attached to an aromatic ring is 2. The Balaban J connectivity index is 1.37. The van der Waals surface area contributed by atoms with Gasteiger partial charge in [-0.15, -0.1) is 0 Å². The summed E-state index contributed by atoms with van der Waals surface area (Å²) in [7, 11) is 0. The van der Waals surface area contributed by atoms with Crippen molar-refractivity contribution in [3.63, 3.8) is 0 Å². The first-order chi connectivity index (χ1) is 13.5. The van der Waals surface area contributed by atoms with Crippen molar-refractivity contribution in [3.05, 3.63) is 59.7 Å². The smallest absolute Gasteiger partial charge is 0.151 e. The predicted molar refractivity (Wildman–Crippen MR) is 103 cm³/mol. The molecule has 0 spiro atoms. The van der Waals surface area contributed by atoms with Crippen LogP contribution in [0.2, 0.25) is 0 Å². The van der Waals surface area contributed by atoms with Crippen molar-refractivity contribution < 1.29 is 18.9 Å². The average Bonchev–Trinajstić information content (AvgIpc) is 3.26. The van der Waals surface area contributed by atoms with E-state index in [9.17, 15) is 0 Å². The fourth-order valence-electron chi connectivity index (χ4n) is 3.41. The molecular formula is C20H22N4O4. The molecule has 4 atom stereocenters. The molecule has 0 amide bonds. The summed E-state index contributed by atoms with van der Waals surface area (Å²) < 4.78 is 23.8. The van der Waals surface area contributed by atoms with Gasteiger partial charge in [0.05, 0.1) is 13.2 Å². The molecular weight excluding hydrogens is 360 g/mol. The van der Waals surface area contributed by atoms with E-state index in [1.807, 2.05) is 0 Å². The minimum absolute atomic E-state index is 0.0197. The molecule has 146 valence electrons. The third-order valence-electron chi connectivity index (χ3n) is 4.87. The molecule has 8 heteroatoms. The summed E-state index contributed by atoms with van der Waals surface area (Å²) in [5.74, 6) is 1.39. The van der Waals surface area contributed by atoms with Gasteiger partial charge in [0, 0.05) is 11.1 Å². The molecule has 2 aromatic rings. The second kappa shape index (κ2) is 7.49. The van der Waals surface area contributed by atoms with Crippen LogP contribution in [0.15, 0.2) is 48.5 Å². The highest BCUT2D eigenvalue weighted by atomic mass is 16.6. The maximum atomic E-state index is 7.44. The largest absolute Gasteiger partial charge is 0.485 e. The molecule has 2 aromatic carbocycles. The van der Waals surface area contributed by atoms with Crippen molar-refractivity contribution in [2.45, 2.75) is 24.4 Å². The van der Waals surface area contributed by atoms with Crippen LogP contribution in [0.4, 0.5) is 0 Å². The van der Waals surface area contributed by atoms with E-state index in [4.69, 9.17) is 41.2 Å². The first-order valence-corrected chi connectivity index (χ1v) is 8.96. The molecule has 8 nitrogen and oxygen atoms in total. The Morgan fingerprint density at radius 3 is 1.39 bits per heavy atom. The Morgan fingerprint density at radius 2 is 1.07 bits per heavy atom. The highest BCUT2D eigenvalue weighted by Crippen LogP contribution is 2.32. The van der Waals surface area contributed by atoms with E-state index in [-0.39, 0.29) is 36.1 Å². The van der Waals surface area contributed by atoms with Crippen molar-refractivity contribution in [3.8, 4) is 11.5 Å². The number of amidine groups is 2. The molecule has 0 radical (unpaired) electrons. The van der Waals surface area contributed by atoms with Crippen LogP contribution >= 0.6 is 0 Å². The fraction of sp³-hybridized carbons (Fsp3) is 0.300. The number of hydrogen-bond acceptors (Lipinski definition) is 6. The van der Waals surface area contributed by atoms with Gasteiger partial charge in [-0.1, -0.05) is 0 Å². The van der Waals surface area contributed by atoms with Crippen LogP contribution in [0.3, 0.4) is 0 Å². The molecule has 2 aliphatic rings. The molecule has 0 aliphatic carbocycles. The van der Waals surface area contributed by atoms with Gasteiger partial charge in [0.15, 0.2) is 12.2 Å². The SMILES string of the molecule is N=C(N)c1ccc(OC2COC3C(Oc4ccc(C(=N)N)cc4)COC23)cc1. The van der Waals surface area contributed by atoms with Crippen molar-refractivity contribution in [1.82, 2.24) is 0 Å². The maximum Gasteiger partial charge on any atom is 0.151 e. The quantitative estimate of drug-likeness (QED) is 0.438. The number of fused-ring (bicyclic) bond motifs is 1. The first kappa shape index (κ1) is 18.3. The molecule has 0 saturated carbocycles. The average molecular weight is 382 g/mol. The van der Waals surface area contributed by atoms with Crippen LogP contribution in [0.25, 0.3) is 0 Å². The summed E-state index contributed by atoms with van der Waals surface area (Å²) in [5.41, 5.74) is 12.2. The monoisotopic (exact) mass is 382 g/mol. The molecule has 2 saturated heterocycles. The van der Waals surface area contributed by atoms with Gasteiger partial charge in [-0.25, -0.2) is 0 Å². The van der Waals surface area contributed by atoms with E-state index in [0.717, 1.165) is 0 Å². The van der Waals surface area contributed by atoms with Gasteiger partial charge in [-0.2, -0.15) is 0 Å². The summed E-state index contributed by atoms with van der Waals surface area (Å²) >= 11 is 0. The summed E-state index contributed by atoms with van der Waals surface area (Å²) in [6.45, 7) is 0.819. The number of rotatable bonds is 6. The van der Waals surface area contributed by atoms with Gasteiger partial charge in [0.25, 0.3) is 0 Å². The zero-order chi connectivity index (χ0) is 19.7. The number of nitrogens with one attached hydrogen (secondary N) is 2. The number of benzene rings is 2. The van der Waals surface area contributed by atoms with Crippen LogP contribution < -0.4 is 20.9 Å². The van der Waals surface area contributed by atoms with Gasteiger partial charge in [0.2, 0.25) is 0 Å². The normalized spacial score (nSPS) is 25.9. The van der Waals surface area contributed by atoms with Gasteiger partial charge in [-0.05, 0) is 48.5 Å². The standard InChI is InChI=1S/C20H22N4O4/c21-19(22)11-1-5-13(6-2-11)27-15-9-25-18-16(10-26-17(15)18)28-14-7-3-12(4-8-14)20(23)24/h1-8,15-18H,9-10H2,(H3,21,22)(H3,23,24). The Bertz CT molecular complexity index is 795. The summed E-state index contributed by atoms with van der Waals surface area (Å²) in [4.78, 5) is 0.